The van der Waals surface area contributed by atoms with Gasteiger partial charge in [-0.15, -0.1) is 10.2 Å². The van der Waals surface area contributed by atoms with Crippen molar-refractivity contribution in [1.82, 2.24) is 20.1 Å². The summed E-state index contributed by atoms with van der Waals surface area (Å²) in [6, 6.07) is 0. The molecular formula is C9H14N4O2S. The molecule has 0 atom stereocenters. The molecule has 0 unspecified atom stereocenters. The van der Waals surface area contributed by atoms with Gasteiger partial charge in [0.1, 0.15) is 5.82 Å². The Morgan fingerprint density at radius 1 is 1.62 bits per heavy atom. The van der Waals surface area contributed by atoms with Crippen molar-refractivity contribution in [2.75, 3.05) is 13.1 Å². The van der Waals surface area contributed by atoms with Gasteiger partial charge in [0.15, 0.2) is 5.16 Å². The zero-order valence-corrected chi connectivity index (χ0v) is 10.0. The molecule has 88 valence electrons. The predicted octanol–water partition coefficient (Wildman–Crippen LogP) is 0.0323. The average molecular weight is 242 g/mol. The Hall–Kier alpha value is -1.08. The number of rotatable bonds is 4. The van der Waals surface area contributed by atoms with Crippen LogP contribution in [-0.4, -0.2) is 43.7 Å². The Labute approximate surface area is 97.4 Å². The molecule has 6 nitrogen and oxygen atoms in total. The van der Waals surface area contributed by atoms with E-state index >= 15 is 0 Å². The van der Waals surface area contributed by atoms with Gasteiger partial charge in [0.2, 0.25) is 0 Å². The first kappa shape index (κ1) is 11.4. The molecule has 0 aromatic carbocycles. The van der Waals surface area contributed by atoms with Crippen molar-refractivity contribution in [3.63, 3.8) is 0 Å². The molecule has 7 heteroatoms. The second-order valence-corrected chi connectivity index (χ2v) is 5.48. The van der Waals surface area contributed by atoms with Gasteiger partial charge in [-0.1, -0.05) is 11.8 Å². The fourth-order valence-corrected chi connectivity index (χ4v) is 2.87. The number of hydrogen-bond donors (Lipinski definition) is 2. The van der Waals surface area contributed by atoms with Crippen molar-refractivity contribution >= 4 is 17.7 Å². The topological polar surface area (TPSA) is 80.0 Å². The lowest BCUT2D eigenvalue weighted by molar-refractivity contribution is -0.138. The number of carboxylic acid groups (broad SMARTS) is 1. The maximum absolute atomic E-state index is 10.8. The van der Waals surface area contributed by atoms with E-state index in [4.69, 9.17) is 5.11 Å². The first-order valence-electron chi connectivity index (χ1n) is 5.00. The number of hydrogen-bond acceptors (Lipinski definition) is 5. The molecule has 0 radical (unpaired) electrons. The number of nitrogens with one attached hydrogen (secondary N) is 1. The smallest absolute Gasteiger partial charge is 0.304 e. The minimum atomic E-state index is -0.770. The van der Waals surface area contributed by atoms with E-state index in [-0.39, 0.29) is 11.2 Å². The molecule has 1 aliphatic heterocycles. The molecule has 1 saturated heterocycles. The quantitative estimate of drug-likeness (QED) is 0.775. The van der Waals surface area contributed by atoms with Crippen molar-refractivity contribution in [2.24, 2.45) is 7.05 Å². The number of aryl methyl sites for hydroxylation is 1. The standard InChI is InChI=1S/C9H14N4O2S/c1-6-11-12-8(13(6)2)16-9(3-7(14)15)4-10-5-9/h10H,3-5H2,1-2H3,(H,14,15). The molecule has 0 aliphatic carbocycles. The molecule has 0 bridgehead atoms. The summed E-state index contributed by atoms with van der Waals surface area (Å²) in [7, 11) is 1.89. The average Bonchev–Trinajstić information content (AvgIpc) is 2.45. The number of nitrogens with zero attached hydrogens (tertiary/aromatic N) is 3. The zero-order valence-electron chi connectivity index (χ0n) is 9.23. The molecule has 2 N–H and O–H groups in total. The van der Waals surface area contributed by atoms with Gasteiger partial charge in [0.05, 0.1) is 11.2 Å². The Morgan fingerprint density at radius 3 is 2.69 bits per heavy atom. The lowest BCUT2D eigenvalue weighted by Gasteiger charge is -2.40. The van der Waals surface area contributed by atoms with Crippen LogP contribution in [0.4, 0.5) is 0 Å². The van der Waals surface area contributed by atoms with E-state index in [0.29, 0.717) is 13.1 Å². The lowest BCUT2D eigenvalue weighted by Crippen LogP contribution is -2.58. The van der Waals surface area contributed by atoms with E-state index in [1.807, 2.05) is 18.5 Å². The number of carbonyl (C=O) groups is 1. The Bertz CT molecular complexity index is 414. The highest BCUT2D eigenvalue weighted by Gasteiger charge is 2.41. The molecule has 1 aromatic rings. The highest BCUT2D eigenvalue weighted by molar-refractivity contribution is 8.00. The fraction of sp³-hybridized carbons (Fsp3) is 0.667. The minimum absolute atomic E-state index is 0.149. The molecule has 0 amide bonds. The Balaban J connectivity index is 2.12. The van der Waals surface area contributed by atoms with Gasteiger partial charge in [-0.3, -0.25) is 4.79 Å². The van der Waals surface area contributed by atoms with Crippen LogP contribution in [0.2, 0.25) is 0 Å². The van der Waals surface area contributed by atoms with Crippen LogP contribution in [0.3, 0.4) is 0 Å². The van der Waals surface area contributed by atoms with E-state index in [1.165, 1.54) is 11.8 Å². The van der Waals surface area contributed by atoms with E-state index in [0.717, 1.165) is 11.0 Å². The molecule has 1 fully saturated rings. The van der Waals surface area contributed by atoms with Crippen molar-refractivity contribution < 1.29 is 9.90 Å². The molecule has 16 heavy (non-hydrogen) atoms. The second-order valence-electron chi connectivity index (χ2n) is 4.05. The van der Waals surface area contributed by atoms with Gasteiger partial charge < -0.3 is 15.0 Å². The Morgan fingerprint density at radius 2 is 2.31 bits per heavy atom. The van der Waals surface area contributed by atoms with Gasteiger partial charge in [-0.25, -0.2) is 0 Å². The number of carboxylic acids is 1. The van der Waals surface area contributed by atoms with Crippen LogP contribution in [0.1, 0.15) is 12.2 Å². The summed E-state index contributed by atoms with van der Waals surface area (Å²) in [5.41, 5.74) is 0. The van der Waals surface area contributed by atoms with Crippen molar-refractivity contribution in [3.05, 3.63) is 5.82 Å². The summed E-state index contributed by atoms with van der Waals surface area (Å²) in [6.07, 6.45) is 0.149. The van der Waals surface area contributed by atoms with E-state index in [1.54, 1.807) is 0 Å². The third kappa shape index (κ3) is 2.05. The summed E-state index contributed by atoms with van der Waals surface area (Å²) in [6.45, 7) is 3.28. The van der Waals surface area contributed by atoms with E-state index in [2.05, 4.69) is 15.5 Å². The van der Waals surface area contributed by atoms with Crippen LogP contribution in [-0.2, 0) is 11.8 Å². The van der Waals surface area contributed by atoms with Gasteiger partial charge in [0, 0.05) is 20.1 Å². The highest BCUT2D eigenvalue weighted by atomic mass is 32.2. The van der Waals surface area contributed by atoms with Crippen molar-refractivity contribution in [2.45, 2.75) is 23.2 Å². The molecule has 2 rings (SSSR count). The van der Waals surface area contributed by atoms with Crippen LogP contribution in [0, 0.1) is 6.92 Å². The van der Waals surface area contributed by atoms with Crippen LogP contribution < -0.4 is 5.32 Å². The summed E-state index contributed by atoms with van der Waals surface area (Å²) in [5.74, 6) is 0.0631. The van der Waals surface area contributed by atoms with Gasteiger partial charge in [-0.05, 0) is 6.92 Å². The first-order chi connectivity index (χ1) is 7.52. The maximum Gasteiger partial charge on any atom is 0.304 e. The molecule has 2 heterocycles. The lowest BCUT2D eigenvalue weighted by atomic mass is 9.98. The van der Waals surface area contributed by atoms with Crippen LogP contribution in [0.15, 0.2) is 5.16 Å². The van der Waals surface area contributed by atoms with Gasteiger partial charge in [-0.2, -0.15) is 0 Å². The summed E-state index contributed by atoms with van der Waals surface area (Å²) in [4.78, 5) is 10.8. The largest absolute Gasteiger partial charge is 0.481 e. The molecule has 0 spiro atoms. The third-order valence-electron chi connectivity index (χ3n) is 2.73. The molecule has 1 aromatic heterocycles. The van der Waals surface area contributed by atoms with Crippen molar-refractivity contribution in [1.29, 1.82) is 0 Å². The second kappa shape index (κ2) is 4.06. The summed E-state index contributed by atoms with van der Waals surface area (Å²) >= 11 is 1.50. The normalized spacial score (nSPS) is 18.1. The number of thioether (sulfide) groups is 1. The molecule has 1 aliphatic rings. The zero-order chi connectivity index (χ0) is 11.8. The molecular weight excluding hydrogens is 228 g/mol. The van der Waals surface area contributed by atoms with E-state index in [9.17, 15) is 4.79 Å². The van der Waals surface area contributed by atoms with Crippen molar-refractivity contribution in [3.8, 4) is 0 Å². The minimum Gasteiger partial charge on any atom is -0.481 e. The van der Waals surface area contributed by atoms with Crippen LogP contribution >= 0.6 is 11.8 Å². The van der Waals surface area contributed by atoms with Gasteiger partial charge in [0.25, 0.3) is 0 Å². The fourth-order valence-electron chi connectivity index (χ4n) is 1.58. The Kier molecular flexibility index (Phi) is 2.90. The van der Waals surface area contributed by atoms with E-state index < -0.39 is 5.97 Å². The van der Waals surface area contributed by atoms with Crippen LogP contribution in [0.25, 0.3) is 0 Å². The third-order valence-corrected chi connectivity index (χ3v) is 4.13. The first-order valence-corrected chi connectivity index (χ1v) is 5.82. The molecule has 0 saturated carbocycles. The maximum atomic E-state index is 10.8. The highest BCUT2D eigenvalue weighted by Crippen LogP contribution is 2.37. The van der Waals surface area contributed by atoms with Crippen LogP contribution in [0.5, 0.6) is 0 Å². The number of aromatic nitrogens is 3. The number of aliphatic carboxylic acids is 1. The summed E-state index contributed by atoms with van der Waals surface area (Å²) in [5, 5.41) is 20.8. The predicted molar refractivity (Wildman–Crippen MR) is 59.5 cm³/mol. The summed E-state index contributed by atoms with van der Waals surface area (Å²) < 4.78 is 1.62. The SMILES string of the molecule is Cc1nnc(SC2(CC(=O)O)CNC2)n1C. The van der Waals surface area contributed by atoms with Gasteiger partial charge >= 0.3 is 5.97 Å². The monoisotopic (exact) mass is 242 g/mol.